The van der Waals surface area contributed by atoms with E-state index in [9.17, 15) is 22.5 Å². The van der Waals surface area contributed by atoms with Crippen molar-refractivity contribution in [3.05, 3.63) is 71.8 Å². The molecule has 0 aliphatic rings. The summed E-state index contributed by atoms with van der Waals surface area (Å²) in [6, 6.07) is 13.4. The Morgan fingerprint density at radius 2 is 1.64 bits per heavy atom. The Morgan fingerprint density at radius 1 is 1.07 bits per heavy atom. The fourth-order valence-electron chi connectivity index (χ4n) is 3.34. The van der Waals surface area contributed by atoms with Crippen molar-refractivity contribution in [3.63, 3.8) is 0 Å². The average molecular weight is 411 g/mol. The van der Waals surface area contributed by atoms with E-state index < -0.39 is 40.2 Å². The molecule has 0 bridgehead atoms. The third-order valence-electron chi connectivity index (χ3n) is 4.83. The van der Waals surface area contributed by atoms with Crippen LogP contribution >= 0.6 is 0 Å². The van der Waals surface area contributed by atoms with Crippen LogP contribution in [0, 0.1) is 6.92 Å². The number of benzene rings is 2. The monoisotopic (exact) mass is 410 g/mol. The van der Waals surface area contributed by atoms with E-state index in [1.54, 1.807) is 56.3 Å². The van der Waals surface area contributed by atoms with Gasteiger partial charge in [-0.25, -0.2) is 0 Å². The first kappa shape index (κ1) is 22.4. The lowest BCUT2D eigenvalue weighted by molar-refractivity contribution is -0.257. The molecule has 0 aliphatic heterocycles. The summed E-state index contributed by atoms with van der Waals surface area (Å²) in [6.45, 7) is 8.82. The van der Waals surface area contributed by atoms with Crippen molar-refractivity contribution in [1.29, 1.82) is 0 Å². The van der Waals surface area contributed by atoms with Crippen molar-refractivity contribution in [3.8, 4) is 0 Å². The van der Waals surface area contributed by atoms with Gasteiger partial charge >= 0.3 is 6.18 Å². The molecule has 0 heterocycles. The van der Waals surface area contributed by atoms with Crippen LogP contribution < -0.4 is 0 Å². The van der Waals surface area contributed by atoms with E-state index in [0.29, 0.717) is 11.1 Å². The van der Waals surface area contributed by atoms with Gasteiger partial charge in [-0.2, -0.15) is 13.2 Å². The summed E-state index contributed by atoms with van der Waals surface area (Å²) in [4.78, 5) is 0.262. The highest BCUT2D eigenvalue weighted by Crippen LogP contribution is 2.43. The molecule has 0 aliphatic carbocycles. The molecule has 2 aromatic rings. The summed E-state index contributed by atoms with van der Waals surface area (Å²) >= 11 is 0. The molecule has 2 atom stereocenters. The quantitative estimate of drug-likeness (QED) is 0.663. The SMILES string of the molecule is C=Cc1ccccc1C(C)(C)C[C@@](O)(C[S@@](=O)c1ccc(C)cc1)C(F)(F)F. The van der Waals surface area contributed by atoms with Crippen molar-refractivity contribution >= 4 is 16.9 Å². The van der Waals surface area contributed by atoms with Gasteiger partial charge in [0, 0.05) is 4.90 Å². The number of hydrogen-bond donors (Lipinski definition) is 1. The van der Waals surface area contributed by atoms with Crippen LogP contribution in [0.2, 0.25) is 0 Å². The standard InChI is InChI=1S/C22H25F3O2S/c1-5-17-8-6-7-9-19(17)20(3,4)14-21(26,22(23,24)25)15-28(27)18-12-10-16(2)11-13-18/h5-13,26H,1,14-15H2,2-4H3/t21-,28-/m1/s1. The predicted molar refractivity (Wildman–Crippen MR) is 108 cm³/mol. The molecule has 2 aromatic carbocycles. The molecule has 6 heteroatoms. The summed E-state index contributed by atoms with van der Waals surface area (Å²) in [6.07, 6.45) is -3.96. The van der Waals surface area contributed by atoms with E-state index in [1.165, 1.54) is 12.1 Å². The molecule has 0 saturated heterocycles. The van der Waals surface area contributed by atoms with E-state index in [2.05, 4.69) is 6.58 Å². The molecular weight excluding hydrogens is 385 g/mol. The zero-order valence-electron chi connectivity index (χ0n) is 16.2. The van der Waals surface area contributed by atoms with Crippen LogP contribution in [0.15, 0.2) is 60.0 Å². The number of aliphatic hydroxyl groups is 1. The van der Waals surface area contributed by atoms with Crippen LogP contribution in [0.5, 0.6) is 0 Å². The third-order valence-corrected chi connectivity index (χ3v) is 6.36. The molecule has 0 saturated carbocycles. The van der Waals surface area contributed by atoms with Crippen LogP contribution in [-0.2, 0) is 16.2 Å². The second-order valence-electron chi connectivity index (χ2n) is 7.68. The van der Waals surface area contributed by atoms with Crippen LogP contribution in [0.25, 0.3) is 6.08 Å². The average Bonchev–Trinajstić information content (AvgIpc) is 2.60. The van der Waals surface area contributed by atoms with Gasteiger partial charge in [-0.05, 0) is 42.0 Å². The minimum atomic E-state index is -4.92. The lowest BCUT2D eigenvalue weighted by Gasteiger charge is -2.38. The van der Waals surface area contributed by atoms with Crippen LogP contribution in [0.4, 0.5) is 13.2 Å². The predicted octanol–water partition coefficient (Wildman–Crippen LogP) is 5.41. The van der Waals surface area contributed by atoms with E-state index in [0.717, 1.165) is 5.56 Å². The maximum atomic E-state index is 13.9. The highest BCUT2D eigenvalue weighted by molar-refractivity contribution is 7.85. The summed E-state index contributed by atoms with van der Waals surface area (Å²) in [5.74, 6) is -0.917. The number of hydrogen-bond acceptors (Lipinski definition) is 2. The van der Waals surface area contributed by atoms with Gasteiger partial charge in [-0.3, -0.25) is 4.21 Å². The molecule has 0 unspecified atom stereocenters. The van der Waals surface area contributed by atoms with Gasteiger partial charge in [0.25, 0.3) is 0 Å². The van der Waals surface area contributed by atoms with Gasteiger partial charge in [0.2, 0.25) is 0 Å². The first-order valence-electron chi connectivity index (χ1n) is 8.86. The smallest absolute Gasteiger partial charge is 0.380 e. The summed E-state index contributed by atoms with van der Waals surface area (Å²) in [5, 5.41) is 10.7. The molecule has 2 rings (SSSR count). The molecular formula is C22H25F3O2S. The second-order valence-corrected chi connectivity index (χ2v) is 9.14. The first-order chi connectivity index (χ1) is 12.9. The van der Waals surface area contributed by atoms with E-state index in [1.807, 2.05) is 6.92 Å². The Kier molecular flexibility index (Phi) is 6.56. The van der Waals surface area contributed by atoms with Gasteiger partial charge in [0.1, 0.15) is 0 Å². The zero-order valence-corrected chi connectivity index (χ0v) is 17.0. The zero-order chi connectivity index (χ0) is 21.2. The van der Waals surface area contributed by atoms with Gasteiger partial charge < -0.3 is 5.11 Å². The molecule has 28 heavy (non-hydrogen) atoms. The number of halogens is 3. The van der Waals surface area contributed by atoms with Gasteiger partial charge in [-0.15, -0.1) is 0 Å². The van der Waals surface area contributed by atoms with Crippen molar-refractivity contribution in [2.45, 2.75) is 49.3 Å². The van der Waals surface area contributed by atoms with E-state index in [4.69, 9.17) is 0 Å². The maximum absolute atomic E-state index is 13.9. The molecule has 0 aromatic heterocycles. The van der Waals surface area contributed by atoms with Crippen LogP contribution in [0.1, 0.15) is 37.0 Å². The van der Waals surface area contributed by atoms with Crippen LogP contribution in [-0.4, -0.2) is 26.8 Å². The molecule has 1 N–H and O–H groups in total. The lowest BCUT2D eigenvalue weighted by atomic mass is 9.74. The number of rotatable bonds is 7. The van der Waals surface area contributed by atoms with Gasteiger partial charge in [-0.1, -0.05) is 68.5 Å². The molecule has 0 spiro atoms. The fraction of sp³-hybridized carbons (Fsp3) is 0.364. The Bertz CT molecular complexity index is 857. The van der Waals surface area contributed by atoms with Crippen molar-refractivity contribution in [1.82, 2.24) is 0 Å². The lowest BCUT2D eigenvalue weighted by Crippen LogP contribution is -2.53. The third kappa shape index (κ3) is 4.92. The van der Waals surface area contributed by atoms with Crippen molar-refractivity contribution in [2.24, 2.45) is 0 Å². The van der Waals surface area contributed by atoms with Gasteiger partial charge in [0.05, 0.1) is 16.6 Å². The van der Waals surface area contributed by atoms with E-state index in [-0.39, 0.29) is 4.90 Å². The minimum Gasteiger partial charge on any atom is -0.380 e. The topological polar surface area (TPSA) is 37.3 Å². The highest BCUT2D eigenvalue weighted by atomic mass is 32.2. The van der Waals surface area contributed by atoms with E-state index >= 15 is 0 Å². The van der Waals surface area contributed by atoms with Crippen molar-refractivity contribution in [2.75, 3.05) is 5.75 Å². The van der Waals surface area contributed by atoms with Crippen LogP contribution in [0.3, 0.4) is 0 Å². The van der Waals surface area contributed by atoms with Crippen molar-refractivity contribution < 1.29 is 22.5 Å². The summed E-state index contributed by atoms with van der Waals surface area (Å²) in [7, 11) is -2.00. The normalized spacial score (nSPS) is 15.7. The fourth-order valence-corrected chi connectivity index (χ4v) is 4.65. The van der Waals surface area contributed by atoms with Gasteiger partial charge in [0.15, 0.2) is 5.60 Å². The molecule has 152 valence electrons. The number of aryl methyl sites for hydroxylation is 1. The Hall–Kier alpha value is -1.92. The molecule has 0 radical (unpaired) electrons. The molecule has 0 amide bonds. The Labute approximate surface area is 166 Å². The maximum Gasteiger partial charge on any atom is 0.418 e. The largest absolute Gasteiger partial charge is 0.418 e. The first-order valence-corrected chi connectivity index (χ1v) is 10.2. The number of alkyl halides is 3. The highest BCUT2D eigenvalue weighted by Gasteiger charge is 2.56. The minimum absolute atomic E-state index is 0.262. The molecule has 2 nitrogen and oxygen atoms in total. The summed E-state index contributed by atoms with van der Waals surface area (Å²) in [5.41, 5.74) is -1.85. The molecule has 0 fully saturated rings. The Morgan fingerprint density at radius 3 is 2.18 bits per heavy atom. The second kappa shape index (κ2) is 8.21. The Balaban J connectivity index is 2.38. The summed E-state index contributed by atoms with van der Waals surface area (Å²) < 4.78 is 54.2.